The van der Waals surface area contributed by atoms with E-state index < -0.39 is 24.6 Å². The quantitative estimate of drug-likeness (QED) is 0.200. The molecule has 4 aliphatic heterocycles. The molecule has 0 aliphatic carbocycles. The minimum atomic E-state index is -1.17. The Balaban J connectivity index is 0.000000254. The van der Waals surface area contributed by atoms with Gasteiger partial charge in [0.2, 0.25) is 0 Å². The van der Waals surface area contributed by atoms with Gasteiger partial charge >= 0.3 is 5.97 Å². The van der Waals surface area contributed by atoms with Crippen LogP contribution in [0.4, 0.5) is 8.78 Å². The first-order valence-electron chi connectivity index (χ1n) is 20.3. The van der Waals surface area contributed by atoms with Gasteiger partial charge in [-0.25, -0.2) is 8.78 Å². The monoisotopic (exact) mass is 808 g/mol. The third kappa shape index (κ3) is 10.2. The van der Waals surface area contributed by atoms with Crippen molar-refractivity contribution in [2.75, 3.05) is 68.0 Å². The normalized spacial score (nSPS) is 26.0. The lowest BCUT2D eigenvalue weighted by molar-refractivity contribution is -0.165. The molecular weight excluding hydrogens is 743 g/mol. The fraction of sp³-hybridized carbons (Fsp3) is 0.638. The van der Waals surface area contributed by atoms with Crippen molar-refractivity contribution in [1.29, 1.82) is 0 Å². The van der Waals surface area contributed by atoms with Gasteiger partial charge in [-0.15, -0.1) is 0 Å². The van der Waals surface area contributed by atoms with E-state index in [2.05, 4.69) is 61.2 Å². The average molecular weight is 809 g/mol. The van der Waals surface area contributed by atoms with Gasteiger partial charge in [0, 0.05) is 69.9 Å². The first kappa shape index (κ1) is 46.7. The van der Waals surface area contributed by atoms with E-state index in [1.807, 2.05) is 24.3 Å². The number of benzene rings is 2. The average Bonchev–Trinajstić information content (AvgIpc) is 3.18. The number of alkyl halides is 2. The van der Waals surface area contributed by atoms with E-state index >= 15 is 0 Å². The van der Waals surface area contributed by atoms with Crippen LogP contribution in [-0.2, 0) is 22.4 Å². The number of ether oxygens (including phenoxy) is 5. The molecule has 2 saturated heterocycles. The molecule has 58 heavy (non-hydrogen) atoms. The smallest absolute Gasteiger partial charge is 0.304 e. The Labute approximate surface area is 346 Å². The molecule has 1 N–H and O–H groups in total. The third-order valence-electron chi connectivity index (χ3n) is 12.0. The number of nitrogens with zero attached hydrogens (tertiary/aromatic N) is 2. The maximum Gasteiger partial charge on any atom is 0.304 e. The molecule has 4 aliphatic rings. The van der Waals surface area contributed by atoms with Crippen molar-refractivity contribution in [2.24, 2.45) is 23.7 Å². The number of carbonyl (C=O) groups excluding carboxylic acids is 1. The first-order chi connectivity index (χ1) is 27.2. The highest BCUT2D eigenvalue weighted by Crippen LogP contribution is 2.49. The molecule has 320 valence electrons. The summed E-state index contributed by atoms with van der Waals surface area (Å²) in [5, 5.41) is 11.4. The Hall–Kier alpha value is -4.03. The Morgan fingerprint density at radius 1 is 0.741 bits per heavy atom. The van der Waals surface area contributed by atoms with Crippen LogP contribution in [-0.4, -0.2) is 100 Å². The van der Waals surface area contributed by atoms with E-state index in [9.17, 15) is 18.7 Å². The maximum atomic E-state index is 13.0. The second-order valence-electron chi connectivity index (χ2n) is 16.7. The van der Waals surface area contributed by atoms with Crippen molar-refractivity contribution in [3.05, 3.63) is 46.5 Å². The summed E-state index contributed by atoms with van der Waals surface area (Å²) in [7, 11) is 6.53. The largest absolute Gasteiger partial charge is 0.493 e. The lowest BCUT2D eigenvalue weighted by Gasteiger charge is -2.51. The highest BCUT2D eigenvalue weighted by atomic mass is 19.1. The van der Waals surface area contributed by atoms with Crippen LogP contribution < -0.4 is 18.9 Å². The van der Waals surface area contributed by atoms with E-state index in [-0.39, 0.29) is 37.3 Å². The summed E-state index contributed by atoms with van der Waals surface area (Å²) in [5.74, 6) is 14.3. The molecule has 2 aromatic carbocycles. The molecular formula is C47H66F2N2O7. The van der Waals surface area contributed by atoms with E-state index in [0.29, 0.717) is 41.9 Å². The highest BCUT2D eigenvalue weighted by molar-refractivity contribution is 5.67. The number of hydrogen-bond acceptors (Lipinski definition) is 9. The summed E-state index contributed by atoms with van der Waals surface area (Å²) in [6.45, 7) is 11.9. The molecule has 0 amide bonds. The number of rotatable bonds is 9. The summed E-state index contributed by atoms with van der Waals surface area (Å²) >= 11 is 0. The van der Waals surface area contributed by atoms with Gasteiger partial charge in [0.15, 0.2) is 28.6 Å². The molecule has 4 heterocycles. The fourth-order valence-corrected chi connectivity index (χ4v) is 9.61. The number of esters is 1. The number of fused-ring (bicyclic) bond motifs is 6. The molecule has 0 radical (unpaired) electrons. The standard InChI is InChI=1S/C24H32FNO4.C22H30FNO3.CH4/c1-16(2)11-19-15-26-10-7-18-12-22(28-4)23(29-5)13-20(18)21(26)14-24(19,8-6-9-25)30-17(3)27;1-15(2)10-17-14-24-9-6-16-11-20(26-3)21(27-4)12-18(16)19(24)13-22(17,25)7-5-8-23;/h12-13,16,19,21H,7,9-11,14-15H2,1-5H3;11-12,15,17,19,25H,6,8-10,13-14H2,1-4H3;1H4/t19-,21-,24-;17-,19-,22-;/m11./s1/i25+0;23+0;. The Kier molecular flexibility index (Phi) is 16.3. The van der Waals surface area contributed by atoms with Crippen LogP contribution in [0.25, 0.3) is 0 Å². The topological polar surface area (TPSA) is 89.9 Å². The minimum Gasteiger partial charge on any atom is -0.493 e. The number of aliphatic hydroxyl groups is 1. The number of hydrogen-bond donors (Lipinski definition) is 1. The SMILES string of the molecule is C.COc1cc2c(cc1OC)[C@H]1C[C@@](C#CC[19F])(OC(C)=O)[C@H](CC(C)C)CN1CC2.COc1cc2c(cc1OC)[C@H]1C[C@](O)(C#CC[19F])[C@H](CC(C)C)CN1CC2. The molecule has 0 unspecified atom stereocenters. The van der Waals surface area contributed by atoms with Crippen LogP contribution in [0.1, 0.15) is 102 Å². The number of piperidine rings is 2. The van der Waals surface area contributed by atoms with Crippen LogP contribution in [0.3, 0.4) is 0 Å². The van der Waals surface area contributed by atoms with E-state index in [1.165, 1.54) is 18.1 Å². The van der Waals surface area contributed by atoms with Gasteiger partial charge in [-0.2, -0.15) is 0 Å². The van der Waals surface area contributed by atoms with E-state index in [1.54, 1.807) is 28.4 Å². The van der Waals surface area contributed by atoms with E-state index in [4.69, 9.17) is 23.7 Å². The third-order valence-corrected chi connectivity index (χ3v) is 12.0. The summed E-state index contributed by atoms with van der Waals surface area (Å²) in [4.78, 5) is 16.9. The van der Waals surface area contributed by atoms with Crippen molar-refractivity contribution in [2.45, 2.75) is 104 Å². The van der Waals surface area contributed by atoms with Crippen LogP contribution in [0.5, 0.6) is 23.0 Å². The first-order valence-corrected chi connectivity index (χ1v) is 20.3. The number of methoxy groups -OCH3 is 4. The zero-order chi connectivity index (χ0) is 41.5. The highest BCUT2D eigenvalue weighted by Gasteiger charge is 2.51. The molecule has 11 heteroatoms. The molecule has 6 rings (SSSR count). The van der Waals surface area contributed by atoms with Crippen LogP contribution in [0.2, 0.25) is 0 Å². The van der Waals surface area contributed by atoms with Gasteiger partial charge < -0.3 is 28.8 Å². The number of halogens is 2. The Bertz CT molecular complexity index is 1850. The van der Waals surface area contributed by atoms with Gasteiger partial charge in [0.25, 0.3) is 0 Å². The lowest BCUT2D eigenvalue weighted by Crippen LogP contribution is -2.56. The van der Waals surface area contributed by atoms with E-state index in [0.717, 1.165) is 68.7 Å². The molecule has 0 spiro atoms. The van der Waals surface area contributed by atoms with Crippen molar-refractivity contribution in [1.82, 2.24) is 9.80 Å². The van der Waals surface area contributed by atoms with Gasteiger partial charge in [-0.05, 0) is 84.0 Å². The zero-order valence-electron chi connectivity index (χ0n) is 35.3. The van der Waals surface area contributed by atoms with Gasteiger partial charge in [-0.1, -0.05) is 58.8 Å². The second kappa shape index (κ2) is 20.3. The van der Waals surface area contributed by atoms with Crippen molar-refractivity contribution < 1.29 is 42.4 Å². The Morgan fingerprint density at radius 2 is 1.17 bits per heavy atom. The summed E-state index contributed by atoms with van der Waals surface area (Å²) < 4.78 is 53.6. The molecule has 9 nitrogen and oxygen atoms in total. The predicted octanol–water partition coefficient (Wildman–Crippen LogP) is 7.95. The van der Waals surface area contributed by atoms with Crippen LogP contribution in [0, 0.1) is 47.4 Å². The van der Waals surface area contributed by atoms with Gasteiger partial charge in [-0.3, -0.25) is 14.6 Å². The van der Waals surface area contributed by atoms with Crippen LogP contribution in [0.15, 0.2) is 24.3 Å². The van der Waals surface area contributed by atoms with Crippen molar-refractivity contribution >= 4 is 5.97 Å². The molecule has 2 fully saturated rings. The maximum absolute atomic E-state index is 13.0. The predicted molar refractivity (Wildman–Crippen MR) is 224 cm³/mol. The summed E-state index contributed by atoms with van der Waals surface area (Å²) in [6.07, 6.45) is 4.58. The molecule has 2 aromatic rings. The minimum absolute atomic E-state index is 0. The van der Waals surface area contributed by atoms with Crippen LogP contribution >= 0.6 is 0 Å². The zero-order valence-corrected chi connectivity index (χ0v) is 35.3. The molecule has 6 atom stereocenters. The summed E-state index contributed by atoms with van der Waals surface area (Å²) in [6, 6.07) is 8.19. The number of carbonyl (C=O) groups is 1. The fourth-order valence-electron chi connectivity index (χ4n) is 9.61. The molecule has 0 aromatic heterocycles. The van der Waals surface area contributed by atoms with Gasteiger partial charge in [0.1, 0.15) is 19.0 Å². The molecule has 0 bridgehead atoms. The second-order valence-corrected chi connectivity index (χ2v) is 16.7. The Morgan fingerprint density at radius 3 is 1.62 bits per heavy atom. The molecule has 0 saturated carbocycles. The van der Waals surface area contributed by atoms with Crippen molar-refractivity contribution in [3.63, 3.8) is 0 Å². The van der Waals surface area contributed by atoms with Crippen molar-refractivity contribution in [3.8, 4) is 46.7 Å². The summed E-state index contributed by atoms with van der Waals surface area (Å²) in [5.41, 5.74) is 2.55. The van der Waals surface area contributed by atoms with Gasteiger partial charge in [0.05, 0.1) is 28.4 Å². The lowest BCUT2D eigenvalue weighted by atomic mass is 9.71.